The lowest BCUT2D eigenvalue weighted by Crippen LogP contribution is -2.50. The van der Waals surface area contributed by atoms with Gasteiger partial charge in [0.15, 0.2) is 6.10 Å². The van der Waals surface area contributed by atoms with Gasteiger partial charge in [0.25, 0.3) is 0 Å². The van der Waals surface area contributed by atoms with Crippen LogP contribution in [0.25, 0.3) is 0 Å². The predicted octanol–water partition coefficient (Wildman–Crippen LogP) is 5.21. The zero-order valence-electron chi connectivity index (χ0n) is 31.9. The van der Waals surface area contributed by atoms with Crippen LogP contribution < -0.4 is 10.6 Å². The summed E-state index contributed by atoms with van der Waals surface area (Å²) in [6.07, 6.45) is -2.86. The van der Waals surface area contributed by atoms with Crippen molar-refractivity contribution in [1.82, 2.24) is 10.6 Å². The van der Waals surface area contributed by atoms with E-state index >= 15 is 0 Å². The minimum atomic E-state index is -1.29. The van der Waals surface area contributed by atoms with Crippen molar-refractivity contribution < 1.29 is 52.8 Å². The normalized spacial score (nSPS) is 17.2. The standard InChI is InChI=1S/C27H22O8.C14H28N2O3S2/c28-24(18-10-4-1-5-11-18)32-17-23-21(33-25(29)19-12-6-2-7-13-19)16-22(27(31)35-23)34-26(30)20-14-8-3-9-15-20;1-5-20-14(21-6-2)13(16-11(4)18)8-7-12(19)9-15-10(3)17/h1-15,21-23H,16-17H2;12-14,19H,5-9H2,1-4H3,(H,15,17)(H,16,18)/t21-,22-,23+;12-,13+/m00/s1. The van der Waals surface area contributed by atoms with Crippen molar-refractivity contribution in [3.8, 4) is 0 Å². The lowest BCUT2D eigenvalue weighted by molar-refractivity contribution is -0.184. The van der Waals surface area contributed by atoms with Crippen LogP contribution in [0, 0.1) is 0 Å². The molecule has 0 saturated carbocycles. The number of benzene rings is 3. The Morgan fingerprint density at radius 3 is 1.73 bits per heavy atom. The number of carbonyl (C=O) groups excluding carboxylic acids is 6. The van der Waals surface area contributed by atoms with Gasteiger partial charge in [0.05, 0.1) is 27.4 Å². The van der Waals surface area contributed by atoms with Crippen molar-refractivity contribution in [2.75, 3.05) is 24.7 Å². The number of nitrogens with one attached hydrogen (secondary N) is 2. The largest absolute Gasteiger partial charge is 0.458 e. The molecule has 56 heavy (non-hydrogen) atoms. The van der Waals surface area contributed by atoms with Crippen LogP contribution >= 0.6 is 23.5 Å². The van der Waals surface area contributed by atoms with Crippen LogP contribution in [0.5, 0.6) is 0 Å². The van der Waals surface area contributed by atoms with E-state index in [2.05, 4.69) is 24.5 Å². The van der Waals surface area contributed by atoms with Gasteiger partial charge in [-0.3, -0.25) is 9.59 Å². The second-order valence-electron chi connectivity index (χ2n) is 12.5. The second kappa shape index (κ2) is 24.6. The Kier molecular flexibility index (Phi) is 20.0. The number of ether oxygens (including phenoxy) is 4. The number of hydrogen-bond acceptors (Lipinski definition) is 13. The van der Waals surface area contributed by atoms with Crippen molar-refractivity contribution in [3.63, 3.8) is 0 Å². The fraction of sp³-hybridized carbons (Fsp3) is 0.415. The number of thioether (sulfide) groups is 2. The summed E-state index contributed by atoms with van der Waals surface area (Å²) < 4.78 is 21.9. The summed E-state index contributed by atoms with van der Waals surface area (Å²) in [6.45, 7) is 7.07. The molecule has 5 atom stereocenters. The first-order valence-corrected chi connectivity index (χ1v) is 20.4. The van der Waals surface area contributed by atoms with Gasteiger partial charge in [0.2, 0.25) is 17.9 Å². The molecule has 1 aliphatic rings. The van der Waals surface area contributed by atoms with Crippen molar-refractivity contribution in [2.24, 2.45) is 0 Å². The van der Waals surface area contributed by atoms with Crippen molar-refractivity contribution >= 4 is 59.2 Å². The monoisotopic (exact) mass is 810 g/mol. The van der Waals surface area contributed by atoms with Crippen LogP contribution in [-0.4, -0.2) is 100 Å². The van der Waals surface area contributed by atoms with E-state index in [1.54, 1.807) is 91.0 Å². The van der Waals surface area contributed by atoms with Gasteiger partial charge in [-0.15, -0.1) is 23.5 Å². The van der Waals surface area contributed by atoms with E-state index < -0.39 is 48.3 Å². The zero-order chi connectivity index (χ0) is 40.9. The summed E-state index contributed by atoms with van der Waals surface area (Å²) in [5, 5.41) is 15.5. The quantitative estimate of drug-likeness (QED) is 0.0866. The molecule has 1 saturated heterocycles. The Morgan fingerprint density at radius 2 is 1.25 bits per heavy atom. The van der Waals surface area contributed by atoms with Gasteiger partial charge in [0, 0.05) is 32.9 Å². The van der Waals surface area contributed by atoms with Crippen LogP contribution in [0.2, 0.25) is 0 Å². The van der Waals surface area contributed by atoms with E-state index in [-0.39, 0.29) is 47.6 Å². The topological polar surface area (TPSA) is 184 Å². The maximum absolute atomic E-state index is 12.7. The number of aliphatic hydroxyl groups is 1. The van der Waals surface area contributed by atoms with Gasteiger partial charge >= 0.3 is 23.9 Å². The van der Waals surface area contributed by atoms with Crippen molar-refractivity contribution in [1.29, 1.82) is 0 Å². The average molecular weight is 811 g/mol. The van der Waals surface area contributed by atoms with Crippen LogP contribution in [0.3, 0.4) is 0 Å². The molecule has 0 aliphatic carbocycles. The van der Waals surface area contributed by atoms with Crippen LogP contribution in [0.4, 0.5) is 0 Å². The van der Waals surface area contributed by atoms with E-state index in [4.69, 9.17) is 18.9 Å². The van der Waals surface area contributed by atoms with Crippen LogP contribution in [0.1, 0.15) is 78.0 Å². The van der Waals surface area contributed by atoms with Crippen molar-refractivity contribution in [3.05, 3.63) is 108 Å². The SMILES string of the molecule is CCSC(SCC)[C@@H](CC[C@H](O)CNC(C)=O)NC(C)=O.O=C(OC[C@H]1OC(=O)[C@@H](OC(=O)c2ccccc2)C[C@@H]1OC(=O)c1ccccc1)c1ccccc1. The van der Waals surface area contributed by atoms with E-state index in [0.717, 1.165) is 11.5 Å². The Balaban J connectivity index is 0.000000345. The minimum Gasteiger partial charge on any atom is -0.458 e. The van der Waals surface area contributed by atoms with E-state index in [1.165, 1.54) is 13.8 Å². The molecule has 2 amide bonds. The first-order valence-electron chi connectivity index (χ1n) is 18.3. The molecule has 3 aromatic rings. The van der Waals surface area contributed by atoms with Gasteiger partial charge in [-0.25, -0.2) is 19.2 Å². The maximum Gasteiger partial charge on any atom is 0.348 e. The second-order valence-corrected chi connectivity index (χ2v) is 15.6. The first-order chi connectivity index (χ1) is 26.9. The molecule has 0 unspecified atom stereocenters. The number of aliphatic hydroxyl groups excluding tert-OH is 1. The van der Waals surface area contributed by atoms with Crippen molar-refractivity contribution in [2.45, 2.75) is 82.0 Å². The third kappa shape index (κ3) is 16.1. The molecule has 1 fully saturated rings. The third-order valence-electron chi connectivity index (χ3n) is 8.08. The lowest BCUT2D eigenvalue weighted by Gasteiger charge is -2.34. The molecule has 15 heteroatoms. The summed E-state index contributed by atoms with van der Waals surface area (Å²) in [7, 11) is 0. The number of esters is 4. The van der Waals surface area contributed by atoms with Gasteiger partial charge in [-0.05, 0) is 60.7 Å². The number of carbonyl (C=O) groups is 6. The summed E-state index contributed by atoms with van der Waals surface area (Å²) in [6, 6.07) is 24.8. The molecule has 0 aromatic heterocycles. The number of hydrogen-bond donors (Lipinski definition) is 3. The summed E-state index contributed by atoms with van der Waals surface area (Å²) >= 11 is 3.64. The van der Waals surface area contributed by atoms with Gasteiger partial charge in [0.1, 0.15) is 12.7 Å². The smallest absolute Gasteiger partial charge is 0.348 e. The van der Waals surface area contributed by atoms with Crippen LogP contribution in [-0.2, 0) is 33.3 Å². The Bertz CT molecular complexity index is 1690. The number of amides is 2. The highest BCUT2D eigenvalue weighted by molar-refractivity contribution is 8.17. The molecule has 13 nitrogen and oxygen atoms in total. The van der Waals surface area contributed by atoms with E-state index in [9.17, 15) is 33.9 Å². The van der Waals surface area contributed by atoms with E-state index in [0.29, 0.717) is 24.0 Å². The summed E-state index contributed by atoms with van der Waals surface area (Å²) in [5.41, 5.74) is 0.876. The molecule has 1 aliphatic heterocycles. The first kappa shape index (κ1) is 45.5. The highest BCUT2D eigenvalue weighted by atomic mass is 32.2. The number of rotatable bonds is 18. The fourth-order valence-electron chi connectivity index (χ4n) is 5.37. The highest BCUT2D eigenvalue weighted by Gasteiger charge is 2.43. The minimum absolute atomic E-state index is 0.0318. The van der Waals surface area contributed by atoms with E-state index in [1.807, 2.05) is 23.5 Å². The summed E-state index contributed by atoms with van der Waals surface area (Å²) in [5.74, 6) is -1.02. The molecule has 1 heterocycles. The van der Waals surface area contributed by atoms with Gasteiger partial charge < -0.3 is 34.7 Å². The maximum atomic E-state index is 12.7. The molecule has 4 rings (SSSR count). The molecular formula is C41H50N2O11S2. The molecule has 0 bridgehead atoms. The Morgan fingerprint density at radius 1 is 0.750 bits per heavy atom. The predicted molar refractivity (Wildman–Crippen MR) is 214 cm³/mol. The van der Waals surface area contributed by atoms with Gasteiger partial charge in [-0.1, -0.05) is 68.4 Å². The third-order valence-corrected chi connectivity index (χ3v) is 10.9. The molecule has 3 N–H and O–H groups in total. The lowest BCUT2D eigenvalue weighted by atomic mass is 10.0. The number of cyclic esters (lactones) is 1. The summed E-state index contributed by atoms with van der Waals surface area (Å²) in [4.78, 5) is 72.3. The molecule has 0 radical (unpaired) electrons. The Hall–Kier alpha value is -4.86. The molecular weight excluding hydrogens is 761 g/mol. The highest BCUT2D eigenvalue weighted by Crippen LogP contribution is 2.29. The molecule has 302 valence electrons. The fourth-order valence-corrected chi connectivity index (χ4v) is 8.10. The molecule has 0 spiro atoms. The Labute approximate surface area is 336 Å². The zero-order valence-corrected chi connectivity index (χ0v) is 33.6. The molecule has 3 aromatic carbocycles. The average Bonchev–Trinajstić information content (AvgIpc) is 3.20. The van der Waals surface area contributed by atoms with Gasteiger partial charge in [-0.2, -0.15) is 0 Å². The van der Waals surface area contributed by atoms with Crippen LogP contribution in [0.15, 0.2) is 91.0 Å².